The standard InChI is InChI=1S/C14H14N4OS/c1-3-15-12-8-13(17-9(2)16-12)20-14-18-10-6-4-5-7-11(10)19-14/h4-8H,3H2,1-2H3,(H,15,16,17). The Bertz CT molecular complexity index is 708. The van der Waals surface area contributed by atoms with Gasteiger partial charge in [0.2, 0.25) is 0 Å². The van der Waals surface area contributed by atoms with Crippen LogP contribution in [0.25, 0.3) is 11.1 Å². The van der Waals surface area contributed by atoms with Crippen LogP contribution in [0.1, 0.15) is 12.7 Å². The van der Waals surface area contributed by atoms with Crippen LogP contribution in [0.15, 0.2) is 45.0 Å². The molecular formula is C14H14N4OS. The van der Waals surface area contributed by atoms with E-state index in [-0.39, 0.29) is 0 Å². The van der Waals surface area contributed by atoms with Crippen LogP contribution in [0, 0.1) is 6.92 Å². The number of rotatable bonds is 4. The number of anilines is 1. The molecule has 0 aliphatic heterocycles. The summed E-state index contributed by atoms with van der Waals surface area (Å²) in [7, 11) is 0. The van der Waals surface area contributed by atoms with E-state index in [0.717, 1.165) is 34.3 Å². The fourth-order valence-corrected chi connectivity index (χ4v) is 2.65. The molecule has 2 heterocycles. The molecule has 3 aromatic rings. The number of aryl methyl sites for hydroxylation is 1. The van der Waals surface area contributed by atoms with E-state index in [2.05, 4.69) is 20.3 Å². The molecule has 0 fully saturated rings. The third-order valence-electron chi connectivity index (χ3n) is 2.64. The minimum atomic E-state index is 0.590. The molecule has 20 heavy (non-hydrogen) atoms. The Morgan fingerprint density at radius 3 is 2.85 bits per heavy atom. The highest BCUT2D eigenvalue weighted by Gasteiger charge is 2.09. The lowest BCUT2D eigenvalue weighted by Gasteiger charge is -2.04. The van der Waals surface area contributed by atoms with Crippen molar-refractivity contribution >= 4 is 28.7 Å². The van der Waals surface area contributed by atoms with E-state index >= 15 is 0 Å². The van der Waals surface area contributed by atoms with Gasteiger partial charge in [-0.3, -0.25) is 0 Å². The first-order chi connectivity index (χ1) is 9.74. The Morgan fingerprint density at radius 1 is 1.20 bits per heavy atom. The summed E-state index contributed by atoms with van der Waals surface area (Å²) in [6.07, 6.45) is 0. The summed E-state index contributed by atoms with van der Waals surface area (Å²) in [5.41, 5.74) is 1.64. The number of aromatic nitrogens is 3. The van der Waals surface area contributed by atoms with Crippen molar-refractivity contribution in [2.75, 3.05) is 11.9 Å². The number of oxazole rings is 1. The fourth-order valence-electron chi connectivity index (χ4n) is 1.85. The van der Waals surface area contributed by atoms with Crippen molar-refractivity contribution in [3.05, 3.63) is 36.2 Å². The Balaban J connectivity index is 1.90. The van der Waals surface area contributed by atoms with Crippen LogP contribution < -0.4 is 5.32 Å². The van der Waals surface area contributed by atoms with Crippen molar-refractivity contribution in [2.45, 2.75) is 24.1 Å². The van der Waals surface area contributed by atoms with Crippen molar-refractivity contribution in [3.63, 3.8) is 0 Å². The molecule has 6 heteroatoms. The lowest BCUT2D eigenvalue weighted by Crippen LogP contribution is -2.02. The quantitative estimate of drug-likeness (QED) is 0.740. The molecule has 0 aliphatic rings. The Hall–Kier alpha value is -2.08. The molecule has 0 atom stereocenters. The molecule has 1 aromatic carbocycles. The molecule has 0 aliphatic carbocycles. The van der Waals surface area contributed by atoms with Crippen LogP contribution in [0.2, 0.25) is 0 Å². The van der Waals surface area contributed by atoms with Gasteiger partial charge in [0, 0.05) is 12.6 Å². The highest BCUT2D eigenvalue weighted by Crippen LogP contribution is 2.29. The number of benzene rings is 1. The normalized spacial score (nSPS) is 10.9. The van der Waals surface area contributed by atoms with E-state index in [1.54, 1.807) is 0 Å². The van der Waals surface area contributed by atoms with Crippen LogP contribution in [0.3, 0.4) is 0 Å². The largest absolute Gasteiger partial charge is 0.431 e. The topological polar surface area (TPSA) is 63.8 Å². The van der Waals surface area contributed by atoms with Crippen molar-refractivity contribution in [1.29, 1.82) is 0 Å². The summed E-state index contributed by atoms with van der Waals surface area (Å²) in [4.78, 5) is 13.1. The first-order valence-corrected chi connectivity index (χ1v) is 7.19. The van der Waals surface area contributed by atoms with E-state index in [1.807, 2.05) is 44.2 Å². The molecule has 0 radical (unpaired) electrons. The number of para-hydroxylation sites is 2. The van der Waals surface area contributed by atoms with E-state index in [0.29, 0.717) is 5.22 Å². The predicted octanol–water partition coefficient (Wildman–Crippen LogP) is 3.51. The predicted molar refractivity (Wildman–Crippen MR) is 79.1 cm³/mol. The molecule has 3 rings (SSSR count). The average molecular weight is 286 g/mol. The molecule has 0 bridgehead atoms. The van der Waals surface area contributed by atoms with Crippen LogP contribution in [0.4, 0.5) is 5.82 Å². The average Bonchev–Trinajstić information content (AvgIpc) is 2.80. The molecule has 5 nitrogen and oxygen atoms in total. The van der Waals surface area contributed by atoms with Gasteiger partial charge in [-0.2, -0.15) is 0 Å². The monoisotopic (exact) mass is 286 g/mol. The van der Waals surface area contributed by atoms with Crippen LogP contribution in [-0.2, 0) is 0 Å². The Morgan fingerprint density at radius 2 is 2.05 bits per heavy atom. The zero-order chi connectivity index (χ0) is 13.9. The van der Waals surface area contributed by atoms with E-state index < -0.39 is 0 Å². The Kier molecular flexibility index (Phi) is 3.56. The van der Waals surface area contributed by atoms with E-state index in [1.165, 1.54) is 11.8 Å². The van der Waals surface area contributed by atoms with Gasteiger partial charge in [0.05, 0.1) is 0 Å². The number of hydrogen-bond acceptors (Lipinski definition) is 6. The van der Waals surface area contributed by atoms with Gasteiger partial charge in [0.25, 0.3) is 5.22 Å². The summed E-state index contributed by atoms with van der Waals surface area (Å²) in [5.74, 6) is 1.54. The fraction of sp³-hybridized carbons (Fsp3) is 0.214. The van der Waals surface area contributed by atoms with Gasteiger partial charge in [-0.25, -0.2) is 15.0 Å². The maximum Gasteiger partial charge on any atom is 0.263 e. The second kappa shape index (κ2) is 5.50. The lowest BCUT2D eigenvalue weighted by atomic mass is 10.3. The Labute approximate surface area is 120 Å². The minimum absolute atomic E-state index is 0.590. The number of nitrogens with one attached hydrogen (secondary N) is 1. The maximum absolute atomic E-state index is 5.68. The molecule has 0 amide bonds. The highest BCUT2D eigenvalue weighted by molar-refractivity contribution is 7.99. The first kappa shape index (κ1) is 12.9. The van der Waals surface area contributed by atoms with Gasteiger partial charge in [0.15, 0.2) is 5.58 Å². The number of nitrogens with zero attached hydrogens (tertiary/aromatic N) is 3. The van der Waals surface area contributed by atoms with Gasteiger partial charge in [-0.05, 0) is 37.7 Å². The molecule has 0 saturated heterocycles. The minimum Gasteiger partial charge on any atom is -0.431 e. The van der Waals surface area contributed by atoms with E-state index in [4.69, 9.17) is 4.42 Å². The van der Waals surface area contributed by atoms with E-state index in [9.17, 15) is 0 Å². The molecule has 2 aromatic heterocycles. The molecular weight excluding hydrogens is 272 g/mol. The summed E-state index contributed by atoms with van der Waals surface area (Å²) >= 11 is 1.40. The summed E-state index contributed by atoms with van der Waals surface area (Å²) in [5, 5.41) is 4.59. The summed E-state index contributed by atoms with van der Waals surface area (Å²) < 4.78 is 5.68. The third kappa shape index (κ3) is 2.75. The molecule has 0 saturated carbocycles. The van der Waals surface area contributed by atoms with Crippen LogP contribution in [-0.4, -0.2) is 21.5 Å². The highest BCUT2D eigenvalue weighted by atomic mass is 32.2. The second-order valence-corrected chi connectivity index (χ2v) is 5.19. The molecule has 102 valence electrons. The van der Waals surface area contributed by atoms with Crippen molar-refractivity contribution in [1.82, 2.24) is 15.0 Å². The first-order valence-electron chi connectivity index (χ1n) is 6.37. The zero-order valence-electron chi connectivity index (χ0n) is 11.3. The molecule has 0 spiro atoms. The van der Waals surface area contributed by atoms with Crippen molar-refractivity contribution < 1.29 is 4.42 Å². The maximum atomic E-state index is 5.68. The van der Waals surface area contributed by atoms with Gasteiger partial charge in [0.1, 0.15) is 22.2 Å². The number of fused-ring (bicyclic) bond motifs is 1. The van der Waals surface area contributed by atoms with Gasteiger partial charge in [-0.15, -0.1) is 0 Å². The van der Waals surface area contributed by atoms with Crippen LogP contribution in [0.5, 0.6) is 0 Å². The molecule has 0 unspecified atom stereocenters. The van der Waals surface area contributed by atoms with Gasteiger partial charge >= 0.3 is 0 Å². The summed E-state index contributed by atoms with van der Waals surface area (Å²) in [6.45, 7) is 4.73. The zero-order valence-corrected chi connectivity index (χ0v) is 12.1. The number of hydrogen-bond donors (Lipinski definition) is 1. The smallest absolute Gasteiger partial charge is 0.263 e. The SMILES string of the molecule is CCNc1cc(Sc2nc3ccccc3o2)nc(C)n1. The van der Waals surface area contributed by atoms with Crippen molar-refractivity contribution in [3.8, 4) is 0 Å². The van der Waals surface area contributed by atoms with Crippen molar-refractivity contribution in [2.24, 2.45) is 0 Å². The lowest BCUT2D eigenvalue weighted by molar-refractivity contribution is 0.489. The second-order valence-electron chi connectivity index (χ2n) is 4.22. The third-order valence-corrected chi connectivity index (χ3v) is 3.41. The van der Waals surface area contributed by atoms with Gasteiger partial charge < -0.3 is 9.73 Å². The van der Waals surface area contributed by atoms with Crippen LogP contribution >= 0.6 is 11.8 Å². The summed E-state index contributed by atoms with van der Waals surface area (Å²) in [6, 6.07) is 9.60. The molecule has 1 N–H and O–H groups in total. The van der Waals surface area contributed by atoms with Gasteiger partial charge in [-0.1, -0.05) is 12.1 Å².